The predicted molar refractivity (Wildman–Crippen MR) is 80.2 cm³/mol. The summed E-state index contributed by atoms with van der Waals surface area (Å²) in [6, 6.07) is 16.5. The van der Waals surface area contributed by atoms with Gasteiger partial charge in [0.05, 0.1) is 6.54 Å². The Labute approximate surface area is 113 Å². The van der Waals surface area contributed by atoms with Gasteiger partial charge in [-0.15, -0.1) is 0 Å². The molecule has 2 aromatic rings. The zero-order valence-electron chi connectivity index (χ0n) is 11.2. The Morgan fingerprint density at radius 1 is 1.05 bits per heavy atom. The summed E-state index contributed by atoms with van der Waals surface area (Å²) in [4.78, 5) is 4.13. The molecule has 2 aromatic carbocycles. The molecule has 0 amide bonds. The number of amidine groups is 1. The Hall–Kier alpha value is -2.29. The molecule has 1 heterocycles. The van der Waals surface area contributed by atoms with Crippen molar-refractivity contribution in [2.24, 2.45) is 0 Å². The molecule has 0 bridgehead atoms. The van der Waals surface area contributed by atoms with Crippen molar-refractivity contribution in [2.45, 2.75) is 6.54 Å². The summed E-state index contributed by atoms with van der Waals surface area (Å²) < 4.78 is 0. The summed E-state index contributed by atoms with van der Waals surface area (Å²) in [7, 11) is 4.06. The van der Waals surface area contributed by atoms with Gasteiger partial charge in [-0.25, -0.2) is 0 Å². The molecular formula is C16H17N3. The minimum atomic E-state index is 0.589. The van der Waals surface area contributed by atoms with Crippen LogP contribution < -0.4 is 9.80 Å². The van der Waals surface area contributed by atoms with Gasteiger partial charge in [-0.2, -0.15) is 0 Å². The number of hydrogen-bond donors (Lipinski definition) is 1. The van der Waals surface area contributed by atoms with Gasteiger partial charge in [-0.3, -0.25) is 5.41 Å². The molecule has 0 radical (unpaired) electrons. The normalized spacial score (nSPS) is 13.6. The van der Waals surface area contributed by atoms with Gasteiger partial charge >= 0.3 is 0 Å². The average molecular weight is 251 g/mol. The lowest BCUT2D eigenvalue weighted by molar-refractivity contribution is 1.04. The van der Waals surface area contributed by atoms with Gasteiger partial charge < -0.3 is 9.80 Å². The molecule has 3 rings (SSSR count). The standard InChI is InChI=1S/C16H17N3/c1-18(2)13-7-5-8-14(10-13)19-11-12-6-3-4-9-15(12)16(19)17/h3-10,17H,11H2,1-2H3. The Kier molecular flexibility index (Phi) is 2.75. The lowest BCUT2D eigenvalue weighted by atomic mass is 10.1. The molecule has 0 aliphatic carbocycles. The van der Waals surface area contributed by atoms with Crippen LogP contribution in [0.1, 0.15) is 11.1 Å². The maximum Gasteiger partial charge on any atom is 0.133 e. The number of fused-ring (bicyclic) bond motifs is 1. The van der Waals surface area contributed by atoms with E-state index in [0.29, 0.717) is 5.84 Å². The van der Waals surface area contributed by atoms with Crippen LogP contribution >= 0.6 is 0 Å². The Balaban J connectivity index is 1.97. The van der Waals surface area contributed by atoms with Gasteiger partial charge in [0, 0.05) is 31.0 Å². The van der Waals surface area contributed by atoms with E-state index in [1.165, 1.54) is 5.56 Å². The molecule has 0 spiro atoms. The third-order valence-electron chi connectivity index (χ3n) is 3.53. The van der Waals surface area contributed by atoms with E-state index in [0.717, 1.165) is 23.5 Å². The van der Waals surface area contributed by atoms with E-state index in [4.69, 9.17) is 5.41 Å². The molecule has 3 nitrogen and oxygen atoms in total. The molecule has 0 fully saturated rings. The van der Waals surface area contributed by atoms with Gasteiger partial charge in [-0.05, 0) is 23.8 Å². The Morgan fingerprint density at radius 3 is 2.58 bits per heavy atom. The number of benzene rings is 2. The van der Waals surface area contributed by atoms with Crippen LogP contribution in [0.3, 0.4) is 0 Å². The van der Waals surface area contributed by atoms with E-state index in [1.54, 1.807) is 0 Å². The highest BCUT2D eigenvalue weighted by Crippen LogP contribution is 2.29. The van der Waals surface area contributed by atoms with Crippen molar-refractivity contribution in [2.75, 3.05) is 23.9 Å². The highest BCUT2D eigenvalue weighted by Gasteiger charge is 2.24. The Morgan fingerprint density at radius 2 is 1.84 bits per heavy atom. The van der Waals surface area contributed by atoms with E-state index < -0.39 is 0 Å². The van der Waals surface area contributed by atoms with Gasteiger partial charge in [0.25, 0.3) is 0 Å². The van der Waals surface area contributed by atoms with E-state index in [9.17, 15) is 0 Å². The van der Waals surface area contributed by atoms with Gasteiger partial charge in [0.2, 0.25) is 0 Å². The van der Waals surface area contributed by atoms with E-state index in [1.807, 2.05) is 38.4 Å². The van der Waals surface area contributed by atoms with Crippen molar-refractivity contribution in [1.29, 1.82) is 5.41 Å². The quantitative estimate of drug-likeness (QED) is 0.889. The van der Waals surface area contributed by atoms with Crippen LogP contribution in [0.25, 0.3) is 0 Å². The third-order valence-corrected chi connectivity index (χ3v) is 3.53. The van der Waals surface area contributed by atoms with Crippen molar-refractivity contribution >= 4 is 17.2 Å². The van der Waals surface area contributed by atoms with Crippen LogP contribution in [-0.2, 0) is 6.54 Å². The van der Waals surface area contributed by atoms with Crippen molar-refractivity contribution in [1.82, 2.24) is 0 Å². The first-order valence-electron chi connectivity index (χ1n) is 6.38. The molecule has 3 heteroatoms. The molecule has 0 atom stereocenters. The molecule has 1 N–H and O–H groups in total. The van der Waals surface area contributed by atoms with Crippen molar-refractivity contribution in [3.8, 4) is 0 Å². The number of nitrogens with one attached hydrogen (secondary N) is 1. The number of hydrogen-bond acceptors (Lipinski definition) is 2. The van der Waals surface area contributed by atoms with Crippen molar-refractivity contribution in [3.63, 3.8) is 0 Å². The van der Waals surface area contributed by atoms with Crippen LogP contribution in [0.15, 0.2) is 48.5 Å². The second kappa shape index (κ2) is 4.43. The fraction of sp³-hybridized carbons (Fsp3) is 0.188. The van der Waals surface area contributed by atoms with Crippen molar-refractivity contribution in [3.05, 3.63) is 59.7 Å². The fourth-order valence-electron chi connectivity index (χ4n) is 2.44. The SMILES string of the molecule is CN(C)c1cccc(N2Cc3ccccc3C2=N)c1. The van der Waals surface area contributed by atoms with Gasteiger partial charge in [-0.1, -0.05) is 30.3 Å². The Bertz CT molecular complexity index is 631. The van der Waals surface area contributed by atoms with Gasteiger partial charge in [0.15, 0.2) is 0 Å². The molecule has 19 heavy (non-hydrogen) atoms. The van der Waals surface area contributed by atoms with E-state index >= 15 is 0 Å². The number of anilines is 2. The average Bonchev–Trinajstić information content (AvgIpc) is 2.77. The van der Waals surface area contributed by atoms with Crippen LogP contribution in [-0.4, -0.2) is 19.9 Å². The monoisotopic (exact) mass is 251 g/mol. The highest BCUT2D eigenvalue weighted by atomic mass is 15.2. The molecule has 96 valence electrons. The molecule has 0 saturated carbocycles. The maximum absolute atomic E-state index is 8.32. The van der Waals surface area contributed by atoms with Crippen LogP contribution in [0.2, 0.25) is 0 Å². The molecule has 1 aliphatic rings. The minimum absolute atomic E-state index is 0.589. The number of nitrogens with zero attached hydrogens (tertiary/aromatic N) is 2. The zero-order valence-corrected chi connectivity index (χ0v) is 11.2. The first-order valence-corrected chi connectivity index (χ1v) is 6.38. The second-order valence-electron chi connectivity index (χ2n) is 5.01. The van der Waals surface area contributed by atoms with Crippen LogP contribution in [0.4, 0.5) is 11.4 Å². The largest absolute Gasteiger partial charge is 0.378 e. The second-order valence-corrected chi connectivity index (χ2v) is 5.01. The topological polar surface area (TPSA) is 30.3 Å². The zero-order chi connectivity index (χ0) is 13.4. The lowest BCUT2D eigenvalue weighted by Gasteiger charge is -2.21. The summed E-state index contributed by atoms with van der Waals surface area (Å²) in [6.07, 6.45) is 0. The summed E-state index contributed by atoms with van der Waals surface area (Å²) in [5, 5.41) is 8.32. The molecule has 0 saturated heterocycles. The minimum Gasteiger partial charge on any atom is -0.378 e. The first-order chi connectivity index (χ1) is 9.16. The first kappa shape index (κ1) is 11.8. The highest BCUT2D eigenvalue weighted by molar-refractivity contribution is 6.11. The van der Waals surface area contributed by atoms with E-state index in [-0.39, 0.29) is 0 Å². The lowest BCUT2D eigenvalue weighted by Crippen LogP contribution is -2.23. The number of rotatable bonds is 2. The molecule has 0 aromatic heterocycles. The summed E-state index contributed by atoms with van der Waals surface area (Å²) in [5.74, 6) is 0.589. The smallest absolute Gasteiger partial charge is 0.133 e. The van der Waals surface area contributed by atoms with Crippen LogP contribution in [0.5, 0.6) is 0 Å². The summed E-state index contributed by atoms with van der Waals surface area (Å²) >= 11 is 0. The predicted octanol–water partition coefficient (Wildman–Crippen LogP) is 3.10. The summed E-state index contributed by atoms with van der Waals surface area (Å²) in [5.41, 5.74) is 4.49. The van der Waals surface area contributed by atoms with Crippen LogP contribution in [0, 0.1) is 5.41 Å². The van der Waals surface area contributed by atoms with Crippen molar-refractivity contribution < 1.29 is 0 Å². The third kappa shape index (κ3) is 1.97. The summed E-state index contributed by atoms with van der Waals surface area (Å²) in [6.45, 7) is 0.784. The van der Waals surface area contributed by atoms with E-state index in [2.05, 4.69) is 34.1 Å². The molecule has 1 aliphatic heterocycles. The maximum atomic E-state index is 8.32. The molecular weight excluding hydrogens is 234 g/mol. The van der Waals surface area contributed by atoms with Gasteiger partial charge in [0.1, 0.15) is 5.84 Å². The fourth-order valence-corrected chi connectivity index (χ4v) is 2.44. The molecule has 0 unspecified atom stereocenters.